The van der Waals surface area contributed by atoms with Gasteiger partial charge in [0.15, 0.2) is 0 Å². The van der Waals surface area contributed by atoms with E-state index in [1.807, 2.05) is 55.5 Å². The van der Waals surface area contributed by atoms with Gasteiger partial charge in [0, 0.05) is 30.2 Å². The van der Waals surface area contributed by atoms with E-state index in [0.717, 1.165) is 28.3 Å². The SMILES string of the molecule is Cc1ccc(C(CC(=O)O)NCC(CC(C)C)NC(=O)c2cc3ccccc3cn2)cc1. The molecule has 0 aliphatic heterocycles. The number of nitrogens with one attached hydrogen (secondary N) is 2. The molecule has 0 saturated carbocycles. The van der Waals surface area contributed by atoms with E-state index in [4.69, 9.17) is 0 Å². The Hall–Kier alpha value is -3.25. The fourth-order valence-corrected chi connectivity index (χ4v) is 3.80. The number of amides is 1. The van der Waals surface area contributed by atoms with E-state index in [9.17, 15) is 14.7 Å². The van der Waals surface area contributed by atoms with Crippen LogP contribution in [0.5, 0.6) is 0 Å². The molecule has 32 heavy (non-hydrogen) atoms. The van der Waals surface area contributed by atoms with Gasteiger partial charge in [-0.3, -0.25) is 14.6 Å². The molecule has 1 heterocycles. The molecule has 168 valence electrons. The number of fused-ring (bicyclic) bond motifs is 1. The maximum atomic E-state index is 12.9. The number of hydrogen-bond donors (Lipinski definition) is 3. The van der Waals surface area contributed by atoms with Crippen LogP contribution in [0.15, 0.2) is 60.8 Å². The molecule has 2 aromatic carbocycles. The normalized spacial score (nSPS) is 13.1. The number of rotatable bonds is 10. The van der Waals surface area contributed by atoms with Crippen molar-refractivity contribution in [2.24, 2.45) is 5.92 Å². The van der Waals surface area contributed by atoms with Crippen molar-refractivity contribution >= 4 is 22.6 Å². The Labute approximate surface area is 189 Å². The second-order valence-corrected chi connectivity index (χ2v) is 8.69. The van der Waals surface area contributed by atoms with Gasteiger partial charge in [-0.25, -0.2) is 0 Å². The Kier molecular flexibility index (Phi) is 7.95. The number of carboxylic acid groups (broad SMARTS) is 1. The summed E-state index contributed by atoms with van der Waals surface area (Å²) in [4.78, 5) is 28.7. The highest BCUT2D eigenvalue weighted by Crippen LogP contribution is 2.19. The van der Waals surface area contributed by atoms with Gasteiger partial charge in [0.25, 0.3) is 5.91 Å². The fraction of sp³-hybridized carbons (Fsp3) is 0.346. The molecule has 0 saturated heterocycles. The molecule has 2 unspecified atom stereocenters. The van der Waals surface area contributed by atoms with Crippen LogP contribution in [-0.2, 0) is 4.79 Å². The third-order valence-electron chi connectivity index (χ3n) is 5.42. The van der Waals surface area contributed by atoms with Crippen molar-refractivity contribution in [3.63, 3.8) is 0 Å². The molecule has 6 heteroatoms. The number of carboxylic acids is 1. The lowest BCUT2D eigenvalue weighted by molar-refractivity contribution is -0.137. The Morgan fingerprint density at radius 2 is 1.72 bits per heavy atom. The van der Waals surface area contributed by atoms with Gasteiger partial charge in [-0.05, 0) is 36.3 Å². The van der Waals surface area contributed by atoms with Crippen molar-refractivity contribution in [3.8, 4) is 0 Å². The summed E-state index contributed by atoms with van der Waals surface area (Å²) in [5.74, 6) is -0.731. The summed E-state index contributed by atoms with van der Waals surface area (Å²) in [6.07, 6.45) is 2.44. The van der Waals surface area contributed by atoms with Crippen molar-refractivity contribution in [2.75, 3.05) is 6.54 Å². The second-order valence-electron chi connectivity index (χ2n) is 8.69. The van der Waals surface area contributed by atoms with Crippen molar-refractivity contribution in [3.05, 3.63) is 77.6 Å². The Balaban J connectivity index is 1.71. The molecule has 0 fully saturated rings. The van der Waals surface area contributed by atoms with Crippen molar-refractivity contribution in [2.45, 2.75) is 45.7 Å². The summed E-state index contributed by atoms with van der Waals surface area (Å²) in [7, 11) is 0. The zero-order valence-electron chi connectivity index (χ0n) is 18.8. The predicted molar refractivity (Wildman–Crippen MR) is 127 cm³/mol. The lowest BCUT2D eigenvalue weighted by atomic mass is 10.00. The van der Waals surface area contributed by atoms with Crippen LogP contribution < -0.4 is 10.6 Å². The van der Waals surface area contributed by atoms with Gasteiger partial charge < -0.3 is 15.7 Å². The van der Waals surface area contributed by atoms with Crippen molar-refractivity contribution in [1.29, 1.82) is 0 Å². The van der Waals surface area contributed by atoms with Crippen LogP contribution in [0.2, 0.25) is 0 Å². The minimum atomic E-state index is -0.868. The molecular formula is C26H31N3O3. The van der Waals surface area contributed by atoms with Gasteiger partial charge in [-0.15, -0.1) is 0 Å². The van der Waals surface area contributed by atoms with Gasteiger partial charge in [0.05, 0.1) is 6.42 Å². The highest BCUT2D eigenvalue weighted by molar-refractivity contribution is 5.96. The summed E-state index contributed by atoms with van der Waals surface area (Å²) < 4.78 is 0. The molecule has 0 radical (unpaired) electrons. The number of carbonyl (C=O) groups is 2. The third-order valence-corrected chi connectivity index (χ3v) is 5.42. The molecule has 3 N–H and O–H groups in total. The van der Waals surface area contributed by atoms with Gasteiger partial charge in [0.2, 0.25) is 0 Å². The first-order valence-electron chi connectivity index (χ1n) is 11.0. The Morgan fingerprint density at radius 3 is 2.38 bits per heavy atom. The quantitative estimate of drug-likeness (QED) is 0.438. The van der Waals surface area contributed by atoms with Crippen molar-refractivity contribution < 1.29 is 14.7 Å². The highest BCUT2D eigenvalue weighted by atomic mass is 16.4. The van der Waals surface area contributed by atoms with Crippen LogP contribution in [0.1, 0.15) is 54.3 Å². The van der Waals surface area contributed by atoms with Crippen LogP contribution in [0.4, 0.5) is 0 Å². The predicted octanol–water partition coefficient (Wildman–Crippen LogP) is 4.49. The molecule has 3 aromatic rings. The molecule has 0 bridgehead atoms. The zero-order chi connectivity index (χ0) is 23.1. The molecule has 0 aliphatic carbocycles. The Morgan fingerprint density at radius 1 is 1.03 bits per heavy atom. The number of nitrogens with zero attached hydrogens (tertiary/aromatic N) is 1. The van der Waals surface area contributed by atoms with E-state index in [0.29, 0.717) is 18.2 Å². The molecule has 3 rings (SSSR count). The van der Waals surface area contributed by atoms with E-state index in [1.165, 1.54) is 0 Å². The summed E-state index contributed by atoms with van der Waals surface area (Å²) in [6, 6.07) is 17.0. The molecule has 0 spiro atoms. The number of aryl methyl sites for hydroxylation is 1. The van der Waals surface area contributed by atoms with Crippen molar-refractivity contribution in [1.82, 2.24) is 15.6 Å². The molecule has 2 atom stereocenters. The second kappa shape index (κ2) is 10.9. The van der Waals surface area contributed by atoms with E-state index in [1.54, 1.807) is 12.3 Å². The van der Waals surface area contributed by atoms with Crippen LogP contribution in [-0.4, -0.2) is 34.6 Å². The zero-order valence-corrected chi connectivity index (χ0v) is 18.8. The van der Waals surface area contributed by atoms with E-state index in [-0.39, 0.29) is 24.4 Å². The molecule has 1 amide bonds. The number of pyridine rings is 1. The smallest absolute Gasteiger partial charge is 0.305 e. The number of aliphatic carboxylic acids is 1. The summed E-state index contributed by atoms with van der Waals surface area (Å²) in [6.45, 7) is 6.66. The molecule has 6 nitrogen and oxygen atoms in total. The van der Waals surface area contributed by atoms with Crippen LogP contribution >= 0.6 is 0 Å². The average molecular weight is 434 g/mol. The minimum Gasteiger partial charge on any atom is -0.481 e. The topological polar surface area (TPSA) is 91.3 Å². The Bertz CT molecular complexity index is 1060. The standard InChI is InChI=1S/C26H31N3O3/c1-17(2)12-22(16-28-23(14-25(30)31)19-10-8-18(3)9-11-19)29-26(32)24-13-20-6-4-5-7-21(20)15-27-24/h4-11,13,15,17,22-23,28H,12,14,16H2,1-3H3,(H,29,32)(H,30,31). The first-order chi connectivity index (χ1) is 15.3. The van der Waals surface area contributed by atoms with Gasteiger partial charge in [0.1, 0.15) is 5.69 Å². The highest BCUT2D eigenvalue weighted by Gasteiger charge is 2.20. The summed E-state index contributed by atoms with van der Waals surface area (Å²) >= 11 is 0. The van der Waals surface area contributed by atoms with Gasteiger partial charge in [-0.2, -0.15) is 0 Å². The van der Waals surface area contributed by atoms with Crippen LogP contribution in [0, 0.1) is 12.8 Å². The van der Waals surface area contributed by atoms with E-state index < -0.39 is 5.97 Å². The number of aromatic nitrogens is 1. The van der Waals surface area contributed by atoms with E-state index in [2.05, 4.69) is 29.5 Å². The molecule has 0 aliphatic rings. The lowest BCUT2D eigenvalue weighted by Crippen LogP contribution is -2.44. The number of hydrogen-bond acceptors (Lipinski definition) is 4. The first-order valence-corrected chi connectivity index (χ1v) is 11.0. The fourth-order valence-electron chi connectivity index (χ4n) is 3.80. The molecule has 1 aromatic heterocycles. The monoisotopic (exact) mass is 433 g/mol. The first kappa shape index (κ1) is 23.4. The summed E-state index contributed by atoms with van der Waals surface area (Å²) in [5, 5.41) is 17.8. The third kappa shape index (κ3) is 6.62. The lowest BCUT2D eigenvalue weighted by Gasteiger charge is -2.25. The van der Waals surface area contributed by atoms with Crippen LogP contribution in [0.25, 0.3) is 10.8 Å². The minimum absolute atomic E-state index is 0.0301. The number of carbonyl (C=O) groups excluding carboxylic acids is 1. The maximum Gasteiger partial charge on any atom is 0.305 e. The summed E-state index contributed by atoms with van der Waals surface area (Å²) in [5.41, 5.74) is 2.41. The largest absolute Gasteiger partial charge is 0.481 e. The maximum absolute atomic E-state index is 12.9. The number of benzene rings is 2. The van der Waals surface area contributed by atoms with E-state index >= 15 is 0 Å². The van der Waals surface area contributed by atoms with Gasteiger partial charge in [-0.1, -0.05) is 67.9 Å². The average Bonchev–Trinajstić information content (AvgIpc) is 2.76. The van der Waals surface area contributed by atoms with Gasteiger partial charge >= 0.3 is 5.97 Å². The van der Waals surface area contributed by atoms with Crippen LogP contribution in [0.3, 0.4) is 0 Å². The molecular weight excluding hydrogens is 402 g/mol.